The molecule has 11 heteroatoms. The molecule has 1 saturated heterocycles. The number of carboxylic acid groups (broad SMARTS) is 2. The molecule has 0 spiro atoms. The molecule has 0 aromatic carbocycles. The maximum absolute atomic E-state index is 12.8. The second-order valence-electron chi connectivity index (χ2n) is 8.44. The van der Waals surface area contributed by atoms with E-state index in [2.05, 4.69) is 21.3 Å². The largest absolute Gasteiger partial charge is 0.481 e. The van der Waals surface area contributed by atoms with Crippen molar-refractivity contribution in [3.8, 4) is 0 Å². The van der Waals surface area contributed by atoms with Crippen LogP contribution in [0.3, 0.4) is 0 Å². The molecule has 1 heterocycles. The Labute approximate surface area is 181 Å². The molecule has 0 aromatic heterocycles. The van der Waals surface area contributed by atoms with E-state index in [-0.39, 0.29) is 24.7 Å². The van der Waals surface area contributed by atoms with Crippen molar-refractivity contribution in [3.63, 3.8) is 0 Å². The first-order valence-corrected chi connectivity index (χ1v) is 10.5. The van der Waals surface area contributed by atoms with E-state index in [9.17, 15) is 29.1 Å². The van der Waals surface area contributed by atoms with Gasteiger partial charge >= 0.3 is 11.9 Å². The number of hydrogen-bond acceptors (Lipinski definition) is 6. The Morgan fingerprint density at radius 3 is 1.94 bits per heavy atom. The lowest BCUT2D eigenvalue weighted by atomic mass is 9.99. The van der Waals surface area contributed by atoms with Gasteiger partial charge in [0.05, 0.1) is 6.04 Å². The average Bonchev–Trinajstić information content (AvgIpc) is 3.20. The minimum Gasteiger partial charge on any atom is -0.481 e. The Morgan fingerprint density at radius 1 is 0.903 bits per heavy atom. The van der Waals surface area contributed by atoms with Gasteiger partial charge in [-0.2, -0.15) is 0 Å². The summed E-state index contributed by atoms with van der Waals surface area (Å²) in [6.07, 6.45) is 0.946. The molecule has 6 N–H and O–H groups in total. The van der Waals surface area contributed by atoms with Crippen molar-refractivity contribution < 1.29 is 34.2 Å². The van der Waals surface area contributed by atoms with E-state index in [1.165, 1.54) is 0 Å². The molecule has 1 aliphatic rings. The molecule has 1 rings (SSSR count). The molecular formula is C20H34N4O7. The Bertz CT molecular complexity index is 674. The monoisotopic (exact) mass is 442 g/mol. The van der Waals surface area contributed by atoms with Crippen LogP contribution in [0, 0.1) is 11.8 Å². The molecule has 0 aromatic rings. The van der Waals surface area contributed by atoms with E-state index in [4.69, 9.17) is 5.11 Å². The fourth-order valence-electron chi connectivity index (χ4n) is 3.26. The Balaban J connectivity index is 2.90. The molecule has 3 amide bonds. The quantitative estimate of drug-likeness (QED) is 0.233. The van der Waals surface area contributed by atoms with Crippen LogP contribution in [-0.2, 0) is 24.0 Å². The first-order valence-electron chi connectivity index (χ1n) is 10.5. The van der Waals surface area contributed by atoms with Gasteiger partial charge in [0.15, 0.2) is 0 Å². The summed E-state index contributed by atoms with van der Waals surface area (Å²) in [4.78, 5) is 60.3. The zero-order chi connectivity index (χ0) is 23.7. The van der Waals surface area contributed by atoms with Crippen LogP contribution in [0.1, 0.15) is 53.4 Å². The zero-order valence-electron chi connectivity index (χ0n) is 18.4. The van der Waals surface area contributed by atoms with Crippen molar-refractivity contribution >= 4 is 29.7 Å². The predicted molar refractivity (Wildman–Crippen MR) is 111 cm³/mol. The van der Waals surface area contributed by atoms with E-state index < -0.39 is 53.8 Å². The van der Waals surface area contributed by atoms with Gasteiger partial charge in [-0.25, -0.2) is 4.79 Å². The van der Waals surface area contributed by atoms with Crippen LogP contribution in [0.15, 0.2) is 0 Å². The first kappa shape index (κ1) is 26.3. The van der Waals surface area contributed by atoms with Crippen molar-refractivity contribution in [2.75, 3.05) is 6.54 Å². The van der Waals surface area contributed by atoms with E-state index in [1.54, 1.807) is 27.7 Å². The van der Waals surface area contributed by atoms with Crippen LogP contribution in [0.4, 0.5) is 0 Å². The molecule has 1 fully saturated rings. The summed E-state index contributed by atoms with van der Waals surface area (Å²) in [5.41, 5.74) is 0. The number of rotatable bonds is 12. The fraction of sp³-hybridized carbons (Fsp3) is 0.750. The second kappa shape index (κ2) is 12.2. The minimum absolute atomic E-state index is 0.143. The van der Waals surface area contributed by atoms with E-state index in [0.717, 1.165) is 6.42 Å². The van der Waals surface area contributed by atoms with Crippen molar-refractivity contribution in [2.24, 2.45) is 11.8 Å². The molecule has 31 heavy (non-hydrogen) atoms. The number of aliphatic carboxylic acids is 2. The van der Waals surface area contributed by atoms with Gasteiger partial charge in [-0.05, 0) is 37.6 Å². The Hall–Kier alpha value is -2.69. The van der Waals surface area contributed by atoms with Gasteiger partial charge in [-0.3, -0.25) is 19.2 Å². The van der Waals surface area contributed by atoms with Crippen LogP contribution >= 0.6 is 0 Å². The van der Waals surface area contributed by atoms with Gasteiger partial charge in [0.2, 0.25) is 17.7 Å². The lowest BCUT2D eigenvalue weighted by molar-refractivity contribution is -0.143. The molecular weight excluding hydrogens is 408 g/mol. The van der Waals surface area contributed by atoms with Crippen molar-refractivity contribution in [1.82, 2.24) is 21.3 Å². The van der Waals surface area contributed by atoms with Gasteiger partial charge in [0, 0.05) is 6.42 Å². The molecule has 4 unspecified atom stereocenters. The van der Waals surface area contributed by atoms with Crippen LogP contribution < -0.4 is 21.3 Å². The Kier molecular flexibility index (Phi) is 10.4. The molecule has 0 radical (unpaired) electrons. The summed E-state index contributed by atoms with van der Waals surface area (Å²) in [5.74, 6) is -4.81. The van der Waals surface area contributed by atoms with Crippen molar-refractivity contribution in [2.45, 2.75) is 77.5 Å². The highest BCUT2D eigenvalue weighted by molar-refractivity contribution is 5.94. The molecule has 0 saturated carbocycles. The lowest BCUT2D eigenvalue weighted by Gasteiger charge is -2.27. The second-order valence-corrected chi connectivity index (χ2v) is 8.44. The molecule has 4 atom stereocenters. The third kappa shape index (κ3) is 8.52. The maximum atomic E-state index is 12.8. The van der Waals surface area contributed by atoms with Crippen LogP contribution in [0.25, 0.3) is 0 Å². The van der Waals surface area contributed by atoms with Crippen LogP contribution in [-0.4, -0.2) is 70.6 Å². The summed E-state index contributed by atoms with van der Waals surface area (Å²) >= 11 is 0. The van der Waals surface area contributed by atoms with Gasteiger partial charge in [0.25, 0.3) is 0 Å². The highest BCUT2D eigenvalue weighted by Crippen LogP contribution is 2.10. The molecule has 0 aliphatic carbocycles. The standard InChI is InChI=1S/C20H34N4O7/c1-10(2)15(19(29)24-16(11(3)4)20(30)31)23-18(28)13(7-8-14(25)26)22-17(27)12-6-5-9-21-12/h10-13,15-16,21H,5-9H2,1-4H3,(H,22,27)(H,23,28)(H,24,29)(H,25,26)(H,30,31). The number of carboxylic acids is 2. The van der Waals surface area contributed by atoms with E-state index >= 15 is 0 Å². The molecule has 1 aliphatic heterocycles. The predicted octanol–water partition coefficient (Wildman–Crippen LogP) is -0.546. The van der Waals surface area contributed by atoms with Crippen molar-refractivity contribution in [1.29, 1.82) is 0 Å². The normalized spacial score (nSPS) is 18.8. The average molecular weight is 443 g/mol. The zero-order valence-corrected chi connectivity index (χ0v) is 18.4. The summed E-state index contributed by atoms with van der Waals surface area (Å²) < 4.78 is 0. The maximum Gasteiger partial charge on any atom is 0.326 e. The van der Waals surface area contributed by atoms with Gasteiger partial charge in [0.1, 0.15) is 18.1 Å². The Morgan fingerprint density at radius 2 is 1.48 bits per heavy atom. The first-order chi connectivity index (χ1) is 14.4. The topological polar surface area (TPSA) is 174 Å². The summed E-state index contributed by atoms with van der Waals surface area (Å²) in [6.45, 7) is 7.35. The SMILES string of the molecule is CC(C)C(NC(=O)C(NC(=O)C(CCC(=O)O)NC(=O)C1CCCN1)C(C)C)C(=O)O. The molecule has 11 nitrogen and oxygen atoms in total. The van der Waals surface area contributed by atoms with Crippen molar-refractivity contribution in [3.05, 3.63) is 0 Å². The smallest absolute Gasteiger partial charge is 0.326 e. The van der Waals surface area contributed by atoms with E-state index in [1.807, 2.05) is 0 Å². The van der Waals surface area contributed by atoms with Crippen LogP contribution in [0.5, 0.6) is 0 Å². The number of carbonyl (C=O) groups excluding carboxylic acids is 3. The van der Waals surface area contributed by atoms with E-state index in [0.29, 0.717) is 13.0 Å². The summed E-state index contributed by atoms with van der Waals surface area (Å²) in [6, 6.07) is -3.77. The molecule has 0 bridgehead atoms. The third-order valence-electron chi connectivity index (χ3n) is 5.13. The number of carbonyl (C=O) groups is 5. The fourth-order valence-corrected chi connectivity index (χ4v) is 3.26. The minimum atomic E-state index is -1.19. The molecule has 176 valence electrons. The number of hydrogen-bond donors (Lipinski definition) is 6. The number of amides is 3. The highest BCUT2D eigenvalue weighted by atomic mass is 16.4. The summed E-state index contributed by atoms with van der Waals surface area (Å²) in [7, 11) is 0. The highest BCUT2D eigenvalue weighted by Gasteiger charge is 2.33. The summed E-state index contributed by atoms with van der Waals surface area (Å²) in [5, 5.41) is 28.8. The van der Waals surface area contributed by atoms with Gasteiger partial charge in [-0.15, -0.1) is 0 Å². The van der Waals surface area contributed by atoms with Crippen LogP contribution in [0.2, 0.25) is 0 Å². The van der Waals surface area contributed by atoms with Gasteiger partial charge in [-0.1, -0.05) is 27.7 Å². The number of nitrogens with one attached hydrogen (secondary N) is 4. The van der Waals surface area contributed by atoms with Gasteiger partial charge < -0.3 is 31.5 Å². The third-order valence-corrected chi connectivity index (χ3v) is 5.13. The lowest BCUT2D eigenvalue weighted by Crippen LogP contribution is -2.59.